The van der Waals surface area contributed by atoms with E-state index in [4.69, 9.17) is 5.10 Å². The molecule has 0 atom stereocenters. The van der Waals surface area contributed by atoms with E-state index in [-0.39, 0.29) is 28.4 Å². The van der Waals surface area contributed by atoms with Crippen LogP contribution in [0.1, 0.15) is 35.7 Å². The van der Waals surface area contributed by atoms with E-state index in [1.807, 2.05) is 30.3 Å². The van der Waals surface area contributed by atoms with Gasteiger partial charge in [0.1, 0.15) is 0 Å². The van der Waals surface area contributed by atoms with Gasteiger partial charge in [0.2, 0.25) is 0 Å². The minimum absolute atomic E-state index is 0.0927. The second-order valence-corrected chi connectivity index (χ2v) is 13.0. The predicted octanol–water partition coefficient (Wildman–Crippen LogP) is 9.36. The summed E-state index contributed by atoms with van der Waals surface area (Å²) in [7, 11) is 0. The van der Waals surface area contributed by atoms with Crippen LogP contribution in [0, 0.1) is 0 Å². The van der Waals surface area contributed by atoms with Crippen molar-refractivity contribution in [2.45, 2.75) is 31.1 Å². The highest BCUT2D eigenvalue weighted by molar-refractivity contribution is 6.13. The fraction of sp³-hybridized carbons (Fsp3) is 0.135. The number of hydrogen-bond donors (Lipinski definition) is 3. The van der Waals surface area contributed by atoms with E-state index in [1.54, 1.807) is 47.4 Å². The summed E-state index contributed by atoms with van der Waals surface area (Å²) in [5, 5.41) is 26.5. The van der Waals surface area contributed by atoms with Gasteiger partial charge in [0.15, 0.2) is 11.4 Å². The first-order chi connectivity index (χ1) is 25.5. The number of aromatic nitrogens is 10. The molecule has 6 heterocycles. The summed E-state index contributed by atoms with van der Waals surface area (Å²) in [5.41, 5.74) is 3.28. The molecule has 3 N–H and O–H groups in total. The summed E-state index contributed by atoms with van der Waals surface area (Å²) in [4.78, 5) is 9.29. The molecule has 1 aliphatic carbocycles. The third kappa shape index (κ3) is 4.96. The second-order valence-electron chi connectivity index (χ2n) is 13.0. The van der Waals surface area contributed by atoms with Gasteiger partial charge in [-0.25, -0.2) is 14.6 Å². The van der Waals surface area contributed by atoms with Crippen molar-refractivity contribution in [2.24, 2.45) is 0 Å². The molecule has 16 heteroatoms. The Morgan fingerprint density at radius 2 is 1.36 bits per heavy atom. The third-order valence-electron chi connectivity index (χ3n) is 9.73. The highest BCUT2D eigenvalue weighted by Gasteiger charge is 2.39. The maximum absolute atomic E-state index is 13.9. The van der Waals surface area contributed by atoms with Crippen molar-refractivity contribution < 1.29 is 26.3 Å². The lowest BCUT2D eigenvalue weighted by Crippen LogP contribution is -2.07. The second kappa shape index (κ2) is 11.0. The molecule has 1 fully saturated rings. The van der Waals surface area contributed by atoms with Gasteiger partial charge >= 0.3 is 12.4 Å². The van der Waals surface area contributed by atoms with Crippen LogP contribution < -0.4 is 0 Å². The fourth-order valence-corrected chi connectivity index (χ4v) is 7.25. The Bertz CT molecular complexity index is 2910. The number of pyridine rings is 2. The summed E-state index contributed by atoms with van der Waals surface area (Å²) < 4.78 is 84.9. The van der Waals surface area contributed by atoms with Gasteiger partial charge in [-0.15, -0.1) is 0 Å². The molecule has 0 radical (unpaired) electrons. The zero-order valence-electron chi connectivity index (χ0n) is 27.0. The number of rotatable bonds is 5. The van der Waals surface area contributed by atoms with Gasteiger partial charge in [0, 0.05) is 33.9 Å². The van der Waals surface area contributed by atoms with Crippen molar-refractivity contribution >= 4 is 43.6 Å². The molecule has 10 rings (SSSR count). The van der Waals surface area contributed by atoms with Crippen LogP contribution in [-0.4, -0.2) is 50.3 Å². The van der Waals surface area contributed by atoms with E-state index < -0.39 is 23.7 Å². The number of aromatic amines is 3. The van der Waals surface area contributed by atoms with Crippen LogP contribution in [0.2, 0.25) is 0 Å². The third-order valence-corrected chi connectivity index (χ3v) is 9.73. The molecule has 53 heavy (non-hydrogen) atoms. The molecule has 6 aromatic heterocycles. The molecule has 0 spiro atoms. The Balaban J connectivity index is 1.14. The SMILES string of the molecule is FC(F)(F)c1n[nH]cc1-c1cc(-c2cccc(-n3ncc4c5c(C6CC6)cc(-c6c[nH]nc6C(F)(F)F)nc5ccc43)c2)c2c(ccc3[nH]ncc32)n1. The van der Waals surface area contributed by atoms with Crippen molar-refractivity contribution in [3.8, 4) is 39.3 Å². The molecule has 1 saturated carbocycles. The van der Waals surface area contributed by atoms with E-state index in [0.717, 1.165) is 45.6 Å². The number of hydrogen-bond acceptors (Lipinski definition) is 6. The standard InChI is InChI=1S/C37H22F6N10/c38-36(39,40)34-23(14-45-51-34)29-11-20(17-4-5-17)33-25-16-47-53(31(25)9-8-28(33)49-29)19-3-1-2-18(10-19)21-12-30(24-15-46-52-35(24)37(41,42)43)48-27-7-6-26-22(32(21)27)13-44-50-26/h1-3,6-17H,4-5H2,(H,44,50)(H,45,51)(H,46,52). The minimum atomic E-state index is -4.70. The van der Waals surface area contributed by atoms with Crippen LogP contribution in [0.25, 0.3) is 82.9 Å². The van der Waals surface area contributed by atoms with Crippen LogP contribution >= 0.6 is 0 Å². The smallest absolute Gasteiger partial charge is 0.284 e. The topological polar surface area (TPSA) is 130 Å². The quantitative estimate of drug-likeness (QED) is 0.152. The largest absolute Gasteiger partial charge is 0.435 e. The lowest BCUT2D eigenvalue weighted by Gasteiger charge is -2.14. The van der Waals surface area contributed by atoms with Crippen LogP contribution in [0.5, 0.6) is 0 Å². The Morgan fingerprint density at radius 3 is 2.06 bits per heavy atom. The van der Waals surface area contributed by atoms with Gasteiger partial charge in [-0.1, -0.05) is 12.1 Å². The van der Waals surface area contributed by atoms with Crippen molar-refractivity contribution in [1.29, 1.82) is 0 Å². The average molecular weight is 721 g/mol. The van der Waals surface area contributed by atoms with Gasteiger partial charge in [-0.05, 0) is 84.0 Å². The number of fused-ring (bicyclic) bond motifs is 6. The van der Waals surface area contributed by atoms with Crippen LogP contribution in [0.3, 0.4) is 0 Å². The first-order valence-corrected chi connectivity index (χ1v) is 16.4. The Morgan fingerprint density at radius 1 is 0.679 bits per heavy atom. The molecule has 3 aromatic carbocycles. The minimum Gasteiger partial charge on any atom is -0.284 e. The molecule has 0 amide bonds. The van der Waals surface area contributed by atoms with E-state index >= 15 is 0 Å². The average Bonchev–Trinajstić information content (AvgIpc) is 3.60. The van der Waals surface area contributed by atoms with Crippen LogP contribution in [0.15, 0.2) is 85.5 Å². The maximum Gasteiger partial charge on any atom is 0.435 e. The summed E-state index contributed by atoms with van der Waals surface area (Å²) in [6, 6.07) is 17.9. The fourth-order valence-electron chi connectivity index (χ4n) is 7.25. The van der Waals surface area contributed by atoms with Gasteiger partial charge in [0.25, 0.3) is 0 Å². The number of H-pyrrole nitrogens is 3. The van der Waals surface area contributed by atoms with Crippen molar-refractivity contribution in [2.75, 3.05) is 0 Å². The zero-order chi connectivity index (χ0) is 36.2. The lowest BCUT2D eigenvalue weighted by atomic mass is 9.96. The van der Waals surface area contributed by atoms with E-state index in [2.05, 4.69) is 40.6 Å². The van der Waals surface area contributed by atoms with E-state index in [0.29, 0.717) is 33.2 Å². The number of nitrogens with zero attached hydrogens (tertiary/aromatic N) is 7. The molecule has 262 valence electrons. The molecular formula is C37H22F6N10. The first-order valence-electron chi connectivity index (χ1n) is 16.4. The van der Waals surface area contributed by atoms with Crippen LogP contribution in [0.4, 0.5) is 26.3 Å². The molecular weight excluding hydrogens is 698 g/mol. The van der Waals surface area contributed by atoms with E-state index in [9.17, 15) is 26.3 Å². The van der Waals surface area contributed by atoms with E-state index in [1.165, 1.54) is 12.4 Å². The van der Waals surface area contributed by atoms with Gasteiger partial charge < -0.3 is 0 Å². The summed E-state index contributed by atoms with van der Waals surface area (Å²) >= 11 is 0. The number of nitrogens with one attached hydrogen (secondary N) is 3. The number of halogens is 6. The number of benzene rings is 3. The Kier molecular flexibility index (Phi) is 6.45. The molecule has 1 aliphatic rings. The van der Waals surface area contributed by atoms with Gasteiger partial charge in [-0.2, -0.15) is 46.7 Å². The molecule has 0 saturated heterocycles. The van der Waals surface area contributed by atoms with Crippen molar-refractivity contribution in [1.82, 2.24) is 50.3 Å². The normalized spacial score (nSPS) is 14.0. The van der Waals surface area contributed by atoms with Gasteiger partial charge in [-0.3, -0.25) is 15.3 Å². The molecule has 0 aliphatic heterocycles. The van der Waals surface area contributed by atoms with Gasteiger partial charge in [0.05, 0.1) is 62.7 Å². The lowest BCUT2D eigenvalue weighted by molar-refractivity contribution is -0.141. The molecule has 10 nitrogen and oxygen atoms in total. The van der Waals surface area contributed by atoms with Crippen molar-refractivity contribution in [3.05, 3.63) is 102 Å². The zero-order valence-corrected chi connectivity index (χ0v) is 27.0. The summed E-state index contributed by atoms with van der Waals surface area (Å²) in [5.74, 6) is 0.166. The molecule has 0 unspecified atom stereocenters. The Hall–Kier alpha value is -6.58. The van der Waals surface area contributed by atoms with Crippen molar-refractivity contribution in [3.63, 3.8) is 0 Å². The maximum atomic E-state index is 13.9. The predicted molar refractivity (Wildman–Crippen MR) is 184 cm³/mol. The molecule has 9 aromatic rings. The first kappa shape index (κ1) is 31.2. The molecule has 0 bridgehead atoms. The monoisotopic (exact) mass is 720 g/mol. The number of alkyl halides is 6. The Labute approximate surface area is 292 Å². The summed E-state index contributed by atoms with van der Waals surface area (Å²) in [6.45, 7) is 0. The highest BCUT2D eigenvalue weighted by Crippen LogP contribution is 2.47. The highest BCUT2D eigenvalue weighted by atomic mass is 19.4. The van der Waals surface area contributed by atoms with Crippen LogP contribution in [-0.2, 0) is 12.4 Å². The summed E-state index contributed by atoms with van der Waals surface area (Å²) in [6.07, 6.45) is -1.76.